The first-order valence-corrected chi connectivity index (χ1v) is 7.54. The van der Waals surface area contributed by atoms with Crippen LogP contribution in [0.4, 0.5) is 23.1 Å². The maximum atomic E-state index is 5.88. The summed E-state index contributed by atoms with van der Waals surface area (Å²) >= 11 is 5.88. The molecule has 0 amide bonds. The van der Waals surface area contributed by atoms with Crippen LogP contribution in [0.3, 0.4) is 0 Å². The molecule has 1 heterocycles. The monoisotopic (exact) mass is 325 g/mol. The normalized spacial score (nSPS) is 10.4. The standard InChI is InChI=1S/C17H16ClN5/c1-11-3-4-12(2)15(9-11)21-16-10-19-23-17(22-16)20-14-7-5-13(18)6-8-14/h3-10H,1-2H3,(H2,20,21,22,23). The molecule has 23 heavy (non-hydrogen) atoms. The Bertz CT molecular complexity index is 817. The maximum Gasteiger partial charge on any atom is 0.249 e. The van der Waals surface area contributed by atoms with Gasteiger partial charge in [0.1, 0.15) is 0 Å². The van der Waals surface area contributed by atoms with Crippen molar-refractivity contribution in [2.24, 2.45) is 0 Å². The Hall–Kier alpha value is -2.66. The number of nitrogens with zero attached hydrogens (tertiary/aromatic N) is 3. The summed E-state index contributed by atoms with van der Waals surface area (Å²) in [5, 5.41) is 15.0. The van der Waals surface area contributed by atoms with Gasteiger partial charge in [0.15, 0.2) is 5.82 Å². The van der Waals surface area contributed by atoms with Crippen molar-refractivity contribution in [2.45, 2.75) is 13.8 Å². The van der Waals surface area contributed by atoms with Crippen LogP contribution in [0.1, 0.15) is 11.1 Å². The molecule has 3 aromatic rings. The minimum atomic E-state index is 0.419. The summed E-state index contributed by atoms with van der Waals surface area (Å²) in [6, 6.07) is 13.5. The molecular formula is C17H16ClN5. The first-order valence-electron chi connectivity index (χ1n) is 7.17. The molecule has 1 aromatic heterocycles. The number of rotatable bonds is 4. The summed E-state index contributed by atoms with van der Waals surface area (Å²) in [6.45, 7) is 4.10. The number of aromatic nitrogens is 3. The largest absolute Gasteiger partial charge is 0.339 e. The van der Waals surface area contributed by atoms with E-state index in [2.05, 4.69) is 50.9 Å². The quantitative estimate of drug-likeness (QED) is 0.732. The number of anilines is 4. The van der Waals surface area contributed by atoms with Gasteiger partial charge in [0, 0.05) is 16.4 Å². The van der Waals surface area contributed by atoms with Crippen molar-refractivity contribution in [1.29, 1.82) is 0 Å². The van der Waals surface area contributed by atoms with Crippen molar-refractivity contribution in [2.75, 3.05) is 10.6 Å². The van der Waals surface area contributed by atoms with Crippen LogP contribution in [-0.2, 0) is 0 Å². The third-order valence-corrected chi connectivity index (χ3v) is 3.57. The van der Waals surface area contributed by atoms with E-state index in [9.17, 15) is 0 Å². The molecule has 0 saturated carbocycles. The lowest BCUT2D eigenvalue weighted by Crippen LogP contribution is -2.03. The van der Waals surface area contributed by atoms with Gasteiger partial charge in [0.05, 0.1) is 6.20 Å². The highest BCUT2D eigenvalue weighted by atomic mass is 35.5. The molecule has 116 valence electrons. The molecule has 0 saturated heterocycles. The molecule has 2 N–H and O–H groups in total. The lowest BCUT2D eigenvalue weighted by atomic mass is 10.1. The van der Waals surface area contributed by atoms with Crippen LogP contribution >= 0.6 is 11.6 Å². The molecule has 0 unspecified atom stereocenters. The van der Waals surface area contributed by atoms with Gasteiger partial charge in [-0.15, -0.1) is 5.10 Å². The zero-order chi connectivity index (χ0) is 16.2. The van der Waals surface area contributed by atoms with E-state index in [4.69, 9.17) is 11.6 Å². The lowest BCUT2D eigenvalue weighted by molar-refractivity contribution is 0.982. The Morgan fingerprint density at radius 2 is 1.74 bits per heavy atom. The van der Waals surface area contributed by atoms with E-state index in [0.29, 0.717) is 16.8 Å². The van der Waals surface area contributed by atoms with E-state index in [1.807, 2.05) is 19.1 Å². The van der Waals surface area contributed by atoms with Crippen LogP contribution in [0.15, 0.2) is 48.7 Å². The van der Waals surface area contributed by atoms with Crippen LogP contribution in [0.5, 0.6) is 0 Å². The molecule has 0 atom stereocenters. The van der Waals surface area contributed by atoms with Gasteiger partial charge in [-0.2, -0.15) is 10.1 Å². The van der Waals surface area contributed by atoms with Crippen LogP contribution < -0.4 is 10.6 Å². The number of nitrogens with one attached hydrogen (secondary N) is 2. The molecule has 0 radical (unpaired) electrons. The minimum Gasteiger partial charge on any atom is -0.339 e. The fourth-order valence-electron chi connectivity index (χ4n) is 2.09. The molecule has 5 nitrogen and oxygen atoms in total. The first kappa shape index (κ1) is 15.2. The third-order valence-electron chi connectivity index (χ3n) is 3.32. The van der Waals surface area contributed by atoms with Gasteiger partial charge in [-0.1, -0.05) is 23.7 Å². The fraction of sp³-hybridized carbons (Fsp3) is 0.118. The Morgan fingerprint density at radius 1 is 0.957 bits per heavy atom. The van der Waals surface area contributed by atoms with E-state index in [1.54, 1.807) is 18.3 Å². The summed E-state index contributed by atoms with van der Waals surface area (Å²) in [5.41, 5.74) is 4.17. The Balaban J connectivity index is 1.79. The Kier molecular flexibility index (Phi) is 4.39. The molecular weight excluding hydrogens is 310 g/mol. The lowest BCUT2D eigenvalue weighted by Gasteiger charge is -2.10. The Morgan fingerprint density at radius 3 is 2.52 bits per heavy atom. The van der Waals surface area contributed by atoms with E-state index < -0.39 is 0 Å². The van der Waals surface area contributed by atoms with E-state index in [0.717, 1.165) is 16.9 Å². The van der Waals surface area contributed by atoms with Gasteiger partial charge < -0.3 is 10.6 Å². The SMILES string of the molecule is Cc1ccc(C)c(Nc2cnnc(Nc3ccc(Cl)cc3)n2)c1. The van der Waals surface area contributed by atoms with Gasteiger partial charge in [0.25, 0.3) is 0 Å². The minimum absolute atomic E-state index is 0.419. The molecule has 6 heteroatoms. The summed E-state index contributed by atoms with van der Waals surface area (Å²) < 4.78 is 0. The number of benzene rings is 2. The molecule has 0 aliphatic carbocycles. The highest BCUT2D eigenvalue weighted by Crippen LogP contribution is 2.21. The van der Waals surface area contributed by atoms with Crippen molar-refractivity contribution in [3.8, 4) is 0 Å². The number of hydrogen-bond donors (Lipinski definition) is 2. The van der Waals surface area contributed by atoms with Gasteiger partial charge in [0.2, 0.25) is 5.95 Å². The fourth-order valence-corrected chi connectivity index (χ4v) is 2.21. The number of halogens is 1. The predicted octanol–water partition coefficient (Wildman–Crippen LogP) is 4.63. The second kappa shape index (κ2) is 6.62. The average Bonchev–Trinajstić information content (AvgIpc) is 2.54. The molecule has 0 fully saturated rings. The molecule has 3 rings (SSSR count). The summed E-state index contributed by atoms with van der Waals surface area (Å²) in [6.07, 6.45) is 1.59. The number of aryl methyl sites for hydroxylation is 2. The van der Waals surface area contributed by atoms with Crippen LogP contribution in [0.25, 0.3) is 0 Å². The highest BCUT2D eigenvalue weighted by Gasteiger charge is 2.04. The zero-order valence-electron chi connectivity index (χ0n) is 12.8. The van der Waals surface area contributed by atoms with Gasteiger partial charge >= 0.3 is 0 Å². The smallest absolute Gasteiger partial charge is 0.249 e. The van der Waals surface area contributed by atoms with Gasteiger partial charge in [-0.3, -0.25) is 0 Å². The average molecular weight is 326 g/mol. The van der Waals surface area contributed by atoms with Crippen molar-refractivity contribution in [3.63, 3.8) is 0 Å². The number of hydrogen-bond acceptors (Lipinski definition) is 5. The molecule has 0 bridgehead atoms. The first-order chi connectivity index (χ1) is 11.1. The molecule has 0 aliphatic heterocycles. The van der Waals surface area contributed by atoms with E-state index in [1.165, 1.54) is 5.56 Å². The van der Waals surface area contributed by atoms with Crippen molar-refractivity contribution < 1.29 is 0 Å². The van der Waals surface area contributed by atoms with Crippen molar-refractivity contribution in [3.05, 3.63) is 64.8 Å². The van der Waals surface area contributed by atoms with Crippen LogP contribution in [0.2, 0.25) is 5.02 Å². The maximum absolute atomic E-state index is 5.88. The summed E-state index contributed by atoms with van der Waals surface area (Å²) in [7, 11) is 0. The molecule has 0 spiro atoms. The topological polar surface area (TPSA) is 62.7 Å². The highest BCUT2D eigenvalue weighted by molar-refractivity contribution is 6.30. The second-order valence-corrected chi connectivity index (χ2v) is 5.68. The molecule has 0 aliphatic rings. The van der Waals surface area contributed by atoms with Gasteiger partial charge in [-0.25, -0.2) is 0 Å². The summed E-state index contributed by atoms with van der Waals surface area (Å²) in [5.74, 6) is 1.05. The van der Waals surface area contributed by atoms with E-state index in [-0.39, 0.29) is 0 Å². The van der Waals surface area contributed by atoms with Gasteiger partial charge in [-0.05, 0) is 55.3 Å². The van der Waals surface area contributed by atoms with E-state index >= 15 is 0 Å². The van der Waals surface area contributed by atoms with Crippen molar-refractivity contribution >= 4 is 34.7 Å². The molecule has 2 aromatic carbocycles. The third kappa shape index (κ3) is 3.96. The Labute approximate surface area is 139 Å². The van der Waals surface area contributed by atoms with Crippen LogP contribution in [0, 0.1) is 13.8 Å². The predicted molar refractivity (Wildman–Crippen MR) is 93.8 cm³/mol. The van der Waals surface area contributed by atoms with Crippen molar-refractivity contribution in [1.82, 2.24) is 15.2 Å². The second-order valence-electron chi connectivity index (χ2n) is 5.24. The summed E-state index contributed by atoms with van der Waals surface area (Å²) in [4.78, 5) is 4.43. The van der Waals surface area contributed by atoms with Crippen LogP contribution in [-0.4, -0.2) is 15.2 Å². The zero-order valence-corrected chi connectivity index (χ0v) is 13.6.